The Morgan fingerprint density at radius 3 is 2.90 bits per heavy atom. The zero-order valence-corrected chi connectivity index (χ0v) is 13.1. The van der Waals surface area contributed by atoms with Crippen molar-refractivity contribution < 1.29 is 9.90 Å². The van der Waals surface area contributed by atoms with Crippen LogP contribution in [-0.2, 0) is 17.0 Å². The SMILES string of the molecule is Cc1nc(SCc2ncccc2CCC(=O)O)sc1C. The van der Waals surface area contributed by atoms with Crippen molar-refractivity contribution in [3.05, 3.63) is 40.2 Å². The average molecular weight is 308 g/mol. The molecule has 0 radical (unpaired) electrons. The second-order valence-electron chi connectivity index (χ2n) is 4.41. The number of carboxylic acids is 1. The van der Waals surface area contributed by atoms with Gasteiger partial charge in [-0.2, -0.15) is 0 Å². The van der Waals surface area contributed by atoms with Crippen LogP contribution in [0.25, 0.3) is 0 Å². The summed E-state index contributed by atoms with van der Waals surface area (Å²) in [7, 11) is 0. The first-order valence-corrected chi connectivity index (χ1v) is 8.08. The van der Waals surface area contributed by atoms with Gasteiger partial charge in [0, 0.05) is 23.2 Å². The lowest BCUT2D eigenvalue weighted by Gasteiger charge is -2.06. The second-order valence-corrected chi connectivity index (χ2v) is 6.84. The van der Waals surface area contributed by atoms with Crippen LogP contribution in [0, 0.1) is 13.8 Å². The first-order chi connectivity index (χ1) is 9.56. The molecular formula is C14H16N2O2S2. The van der Waals surface area contributed by atoms with Gasteiger partial charge in [0.25, 0.3) is 0 Å². The molecule has 1 N–H and O–H groups in total. The fourth-order valence-electron chi connectivity index (χ4n) is 1.71. The maximum Gasteiger partial charge on any atom is 0.303 e. The molecule has 2 heterocycles. The summed E-state index contributed by atoms with van der Waals surface area (Å²) < 4.78 is 1.04. The number of aromatic nitrogens is 2. The van der Waals surface area contributed by atoms with Crippen LogP contribution >= 0.6 is 23.1 Å². The average Bonchev–Trinajstić information content (AvgIpc) is 2.74. The summed E-state index contributed by atoms with van der Waals surface area (Å²) in [6.07, 6.45) is 2.41. The van der Waals surface area contributed by atoms with Crippen molar-refractivity contribution in [3.8, 4) is 0 Å². The molecule has 6 heteroatoms. The monoisotopic (exact) mass is 308 g/mol. The molecule has 0 aliphatic rings. The Morgan fingerprint density at radius 2 is 2.25 bits per heavy atom. The van der Waals surface area contributed by atoms with Crippen molar-refractivity contribution in [1.82, 2.24) is 9.97 Å². The van der Waals surface area contributed by atoms with Gasteiger partial charge in [-0.15, -0.1) is 11.3 Å². The van der Waals surface area contributed by atoms with E-state index in [2.05, 4.69) is 16.9 Å². The number of aliphatic carboxylic acids is 1. The van der Waals surface area contributed by atoms with Gasteiger partial charge in [-0.05, 0) is 31.9 Å². The lowest BCUT2D eigenvalue weighted by Crippen LogP contribution is -2.01. The predicted molar refractivity (Wildman–Crippen MR) is 81.3 cm³/mol. The molecule has 0 aliphatic carbocycles. The van der Waals surface area contributed by atoms with Gasteiger partial charge in [0.1, 0.15) is 0 Å². The molecule has 0 amide bonds. The maximum absolute atomic E-state index is 10.7. The molecular weight excluding hydrogens is 292 g/mol. The van der Waals surface area contributed by atoms with Crippen molar-refractivity contribution in [2.24, 2.45) is 0 Å². The summed E-state index contributed by atoms with van der Waals surface area (Å²) in [6.45, 7) is 4.07. The van der Waals surface area contributed by atoms with Gasteiger partial charge in [0.2, 0.25) is 0 Å². The standard InChI is InChI=1S/C14H16N2O2S2/c1-9-10(2)20-14(16-9)19-8-12-11(4-3-7-15-12)5-6-13(17)18/h3-4,7H,5-6,8H2,1-2H3,(H,17,18). The minimum Gasteiger partial charge on any atom is -0.481 e. The van der Waals surface area contributed by atoms with Crippen LogP contribution in [0.3, 0.4) is 0 Å². The van der Waals surface area contributed by atoms with E-state index in [-0.39, 0.29) is 6.42 Å². The molecule has 0 aliphatic heterocycles. The van der Waals surface area contributed by atoms with Gasteiger partial charge in [-0.1, -0.05) is 17.8 Å². The van der Waals surface area contributed by atoms with Crippen LogP contribution in [0.2, 0.25) is 0 Å². The zero-order chi connectivity index (χ0) is 14.5. The minimum atomic E-state index is -0.779. The molecule has 106 valence electrons. The van der Waals surface area contributed by atoms with E-state index in [9.17, 15) is 4.79 Å². The van der Waals surface area contributed by atoms with E-state index >= 15 is 0 Å². The highest BCUT2D eigenvalue weighted by Crippen LogP contribution is 2.29. The number of pyridine rings is 1. The highest BCUT2D eigenvalue weighted by Gasteiger charge is 2.09. The Morgan fingerprint density at radius 1 is 1.45 bits per heavy atom. The Balaban J connectivity index is 2.03. The van der Waals surface area contributed by atoms with Crippen LogP contribution in [0.1, 0.15) is 28.2 Å². The molecule has 0 aromatic carbocycles. The molecule has 0 saturated carbocycles. The summed E-state index contributed by atoms with van der Waals surface area (Å²) in [4.78, 5) is 20.8. The molecule has 2 aromatic heterocycles. The minimum absolute atomic E-state index is 0.138. The van der Waals surface area contributed by atoms with Crippen LogP contribution in [0.15, 0.2) is 22.7 Å². The lowest BCUT2D eigenvalue weighted by molar-refractivity contribution is -0.136. The first kappa shape index (κ1) is 15.0. The van der Waals surface area contributed by atoms with Gasteiger partial charge in [-0.3, -0.25) is 9.78 Å². The van der Waals surface area contributed by atoms with E-state index in [0.29, 0.717) is 6.42 Å². The molecule has 2 aromatic rings. The highest BCUT2D eigenvalue weighted by molar-refractivity contribution is 8.00. The Labute approximate surface area is 126 Å². The zero-order valence-electron chi connectivity index (χ0n) is 11.4. The number of thiazole rings is 1. The molecule has 4 nitrogen and oxygen atoms in total. The summed E-state index contributed by atoms with van der Waals surface area (Å²) in [5.41, 5.74) is 3.03. The topological polar surface area (TPSA) is 63.1 Å². The normalized spacial score (nSPS) is 10.7. The molecule has 20 heavy (non-hydrogen) atoms. The summed E-state index contributed by atoms with van der Waals surface area (Å²) in [5, 5.41) is 8.77. The lowest BCUT2D eigenvalue weighted by atomic mass is 10.1. The van der Waals surface area contributed by atoms with Crippen LogP contribution in [0.5, 0.6) is 0 Å². The van der Waals surface area contributed by atoms with E-state index in [1.807, 2.05) is 19.1 Å². The number of thioether (sulfide) groups is 1. The molecule has 0 unspecified atom stereocenters. The summed E-state index contributed by atoms with van der Waals surface area (Å²) in [5.74, 6) is -0.0547. The Bertz CT molecular complexity index is 591. The van der Waals surface area contributed by atoms with Crippen molar-refractivity contribution in [2.45, 2.75) is 36.8 Å². The fourth-order valence-corrected chi connectivity index (χ4v) is 3.85. The quantitative estimate of drug-likeness (QED) is 0.828. The summed E-state index contributed by atoms with van der Waals surface area (Å²) in [6, 6.07) is 3.80. The van der Waals surface area contributed by atoms with Gasteiger partial charge >= 0.3 is 5.97 Å². The smallest absolute Gasteiger partial charge is 0.303 e. The number of aryl methyl sites for hydroxylation is 3. The Kier molecular flexibility index (Phi) is 5.14. The van der Waals surface area contributed by atoms with Crippen LogP contribution < -0.4 is 0 Å². The number of carbonyl (C=O) groups is 1. The van der Waals surface area contributed by atoms with E-state index in [0.717, 1.165) is 27.0 Å². The van der Waals surface area contributed by atoms with Crippen molar-refractivity contribution in [2.75, 3.05) is 0 Å². The van der Waals surface area contributed by atoms with Gasteiger partial charge in [0.05, 0.1) is 11.4 Å². The fraction of sp³-hybridized carbons (Fsp3) is 0.357. The molecule has 0 bridgehead atoms. The third-order valence-corrected chi connectivity index (χ3v) is 5.16. The number of hydrogen-bond acceptors (Lipinski definition) is 5. The Hall–Kier alpha value is -1.40. The molecule has 0 fully saturated rings. The van der Waals surface area contributed by atoms with Gasteiger partial charge < -0.3 is 5.11 Å². The summed E-state index contributed by atoms with van der Waals surface area (Å²) >= 11 is 3.34. The number of rotatable bonds is 6. The molecule has 2 rings (SSSR count). The third kappa shape index (κ3) is 4.05. The van der Waals surface area contributed by atoms with Crippen molar-refractivity contribution in [3.63, 3.8) is 0 Å². The predicted octanol–water partition coefficient (Wildman–Crippen LogP) is 3.46. The number of carboxylic acid groups (broad SMARTS) is 1. The van der Waals surface area contributed by atoms with Crippen LogP contribution in [0.4, 0.5) is 0 Å². The maximum atomic E-state index is 10.7. The van der Waals surface area contributed by atoms with Crippen molar-refractivity contribution >= 4 is 29.1 Å². The van der Waals surface area contributed by atoms with Gasteiger partial charge in [0.15, 0.2) is 4.34 Å². The highest BCUT2D eigenvalue weighted by atomic mass is 32.2. The first-order valence-electron chi connectivity index (χ1n) is 6.27. The number of hydrogen-bond donors (Lipinski definition) is 1. The third-order valence-electron chi connectivity index (χ3n) is 2.93. The van der Waals surface area contributed by atoms with E-state index < -0.39 is 5.97 Å². The molecule has 0 spiro atoms. The molecule has 0 atom stereocenters. The van der Waals surface area contributed by atoms with Crippen molar-refractivity contribution in [1.29, 1.82) is 0 Å². The second kappa shape index (κ2) is 6.85. The van der Waals surface area contributed by atoms with E-state index in [1.54, 1.807) is 29.3 Å². The largest absolute Gasteiger partial charge is 0.481 e. The van der Waals surface area contributed by atoms with Gasteiger partial charge in [-0.25, -0.2) is 4.98 Å². The van der Waals surface area contributed by atoms with E-state index in [1.165, 1.54) is 4.88 Å². The van der Waals surface area contributed by atoms with E-state index in [4.69, 9.17) is 5.11 Å². The van der Waals surface area contributed by atoms with Crippen LogP contribution in [-0.4, -0.2) is 21.0 Å². The number of nitrogens with zero attached hydrogens (tertiary/aromatic N) is 2. The molecule has 0 saturated heterocycles.